The Balaban J connectivity index is 1.80. The van der Waals surface area contributed by atoms with Crippen LogP contribution in [0.5, 0.6) is 0 Å². The molecule has 0 spiro atoms. The van der Waals surface area contributed by atoms with Gasteiger partial charge in [0.05, 0.1) is 12.0 Å². The van der Waals surface area contributed by atoms with Gasteiger partial charge in [-0.25, -0.2) is 4.98 Å². The lowest BCUT2D eigenvalue weighted by atomic mass is 9.72. The second kappa shape index (κ2) is 13.1. The van der Waals surface area contributed by atoms with Gasteiger partial charge in [0.2, 0.25) is 0 Å². The Morgan fingerprint density at radius 1 is 1.27 bits per heavy atom. The van der Waals surface area contributed by atoms with E-state index >= 15 is 0 Å². The van der Waals surface area contributed by atoms with E-state index in [0.29, 0.717) is 12.8 Å². The maximum atomic E-state index is 12.3. The number of benzene rings is 1. The van der Waals surface area contributed by atoms with Gasteiger partial charge in [-0.1, -0.05) is 31.5 Å². The van der Waals surface area contributed by atoms with Gasteiger partial charge in [-0.15, -0.1) is 0 Å². The zero-order chi connectivity index (χ0) is 27.0. The molecule has 0 saturated carbocycles. The van der Waals surface area contributed by atoms with Crippen molar-refractivity contribution in [3.05, 3.63) is 65.0 Å². The summed E-state index contributed by atoms with van der Waals surface area (Å²) in [7, 11) is 0. The first kappa shape index (κ1) is 28.8. The minimum absolute atomic E-state index is 0.167. The van der Waals surface area contributed by atoms with Crippen LogP contribution in [0.15, 0.2) is 42.5 Å². The molecular formula is C30H47N5O2. The zero-order valence-corrected chi connectivity index (χ0v) is 23.5. The molecule has 0 radical (unpaired) electrons. The summed E-state index contributed by atoms with van der Waals surface area (Å²) >= 11 is 0. The summed E-state index contributed by atoms with van der Waals surface area (Å²) < 4.78 is 2.24. The topological polar surface area (TPSA) is 96.4 Å². The normalized spacial score (nSPS) is 16.6. The maximum Gasteiger partial charge on any atom is 0.309 e. The minimum atomic E-state index is -0.921. The third kappa shape index (κ3) is 7.60. The molecule has 1 aromatic heterocycles. The van der Waals surface area contributed by atoms with Gasteiger partial charge in [0.25, 0.3) is 0 Å². The summed E-state index contributed by atoms with van der Waals surface area (Å²) in [5.74, 6) is 0.985. The van der Waals surface area contributed by atoms with Crippen LogP contribution in [0.3, 0.4) is 0 Å². The molecule has 37 heavy (non-hydrogen) atoms. The van der Waals surface area contributed by atoms with Crippen molar-refractivity contribution in [3.8, 4) is 0 Å². The van der Waals surface area contributed by atoms with E-state index in [-0.39, 0.29) is 5.92 Å². The first-order valence-corrected chi connectivity index (χ1v) is 13.9. The van der Waals surface area contributed by atoms with E-state index in [2.05, 4.69) is 58.0 Å². The van der Waals surface area contributed by atoms with Gasteiger partial charge in [-0.05, 0) is 95.0 Å². The predicted octanol–water partition coefficient (Wildman–Crippen LogP) is 5.25. The summed E-state index contributed by atoms with van der Waals surface area (Å²) in [4.78, 5) is 19.5. The molecule has 204 valence electrons. The Labute approximate surface area is 223 Å². The van der Waals surface area contributed by atoms with Gasteiger partial charge in [0.1, 0.15) is 5.82 Å². The summed E-state index contributed by atoms with van der Waals surface area (Å²) in [5, 5.41) is 13.2. The van der Waals surface area contributed by atoms with Crippen LogP contribution in [-0.2, 0) is 17.9 Å². The van der Waals surface area contributed by atoms with Crippen molar-refractivity contribution in [2.24, 2.45) is 17.1 Å². The van der Waals surface area contributed by atoms with Crippen LogP contribution < -0.4 is 11.1 Å². The number of hydrogen-bond donors (Lipinski definition) is 3. The molecular weight excluding hydrogens is 462 g/mol. The van der Waals surface area contributed by atoms with E-state index in [4.69, 9.17) is 5.73 Å². The van der Waals surface area contributed by atoms with Crippen molar-refractivity contribution in [2.75, 3.05) is 19.6 Å². The molecule has 7 heteroatoms. The molecule has 7 nitrogen and oxygen atoms in total. The van der Waals surface area contributed by atoms with Crippen LogP contribution in [0.1, 0.15) is 88.2 Å². The molecule has 1 aromatic carbocycles. The van der Waals surface area contributed by atoms with Gasteiger partial charge in [0, 0.05) is 37.4 Å². The molecule has 0 amide bonds. The number of nitrogens with two attached hydrogens (primary N) is 1. The Bertz CT molecular complexity index is 1050. The Kier molecular flexibility index (Phi) is 10.2. The highest BCUT2D eigenvalue weighted by Crippen LogP contribution is 2.40. The number of carboxylic acid groups (broad SMARTS) is 1. The van der Waals surface area contributed by atoms with Crippen LogP contribution >= 0.6 is 0 Å². The molecule has 2 aromatic rings. The number of carbonyl (C=O) groups is 1. The quantitative estimate of drug-likeness (QED) is 0.341. The fraction of sp³-hybridized carbons (Fsp3) is 0.600. The summed E-state index contributed by atoms with van der Waals surface area (Å²) in [6, 6.07) is 6.41. The fourth-order valence-corrected chi connectivity index (χ4v) is 5.36. The molecule has 3 rings (SSSR count). The van der Waals surface area contributed by atoms with Crippen LogP contribution in [0.4, 0.5) is 0 Å². The van der Waals surface area contributed by atoms with Gasteiger partial charge in [-0.3, -0.25) is 9.69 Å². The number of imidazole rings is 1. The SMILES string of the molecule is CCN/C=C(\N)CCC(c1ccc(C)c(Cn2ccnc2CN2CCC(CC)CC2)c1)C(C)(C)C(=O)O. The first-order chi connectivity index (χ1) is 17.6. The molecule has 1 unspecified atom stereocenters. The first-order valence-electron chi connectivity index (χ1n) is 13.9. The highest BCUT2D eigenvalue weighted by atomic mass is 16.4. The molecule has 0 bridgehead atoms. The number of piperidine rings is 1. The zero-order valence-electron chi connectivity index (χ0n) is 23.5. The van der Waals surface area contributed by atoms with Crippen molar-refractivity contribution in [2.45, 2.75) is 85.7 Å². The smallest absolute Gasteiger partial charge is 0.309 e. The van der Waals surface area contributed by atoms with Gasteiger partial charge < -0.3 is 20.7 Å². The van der Waals surface area contributed by atoms with Gasteiger partial charge in [-0.2, -0.15) is 0 Å². The number of hydrogen-bond acceptors (Lipinski definition) is 5. The van der Waals surface area contributed by atoms with Crippen molar-refractivity contribution < 1.29 is 9.90 Å². The molecule has 1 aliphatic rings. The maximum absolute atomic E-state index is 12.3. The van der Waals surface area contributed by atoms with E-state index in [1.807, 2.05) is 33.2 Å². The number of aryl methyl sites for hydroxylation is 1. The Morgan fingerprint density at radius 2 is 2.00 bits per heavy atom. The minimum Gasteiger partial charge on any atom is -0.481 e. The monoisotopic (exact) mass is 509 g/mol. The molecule has 1 fully saturated rings. The lowest BCUT2D eigenvalue weighted by molar-refractivity contribution is -0.148. The highest BCUT2D eigenvalue weighted by molar-refractivity contribution is 5.75. The molecule has 1 aliphatic heterocycles. The van der Waals surface area contributed by atoms with Crippen molar-refractivity contribution in [1.29, 1.82) is 0 Å². The number of aliphatic carboxylic acids is 1. The van der Waals surface area contributed by atoms with Gasteiger partial charge in [0.15, 0.2) is 0 Å². The Morgan fingerprint density at radius 3 is 2.65 bits per heavy atom. The summed E-state index contributed by atoms with van der Waals surface area (Å²) in [6.45, 7) is 14.7. The van der Waals surface area contributed by atoms with Gasteiger partial charge >= 0.3 is 5.97 Å². The van der Waals surface area contributed by atoms with Crippen molar-refractivity contribution >= 4 is 5.97 Å². The molecule has 1 atom stereocenters. The highest BCUT2D eigenvalue weighted by Gasteiger charge is 2.37. The molecule has 2 heterocycles. The number of carboxylic acids is 1. The Hall–Kier alpha value is -2.80. The van der Waals surface area contributed by atoms with E-state index < -0.39 is 11.4 Å². The van der Waals surface area contributed by atoms with Crippen LogP contribution in [-0.4, -0.2) is 45.2 Å². The largest absolute Gasteiger partial charge is 0.481 e. The second-order valence-corrected chi connectivity index (χ2v) is 11.2. The number of aromatic nitrogens is 2. The predicted molar refractivity (Wildman–Crippen MR) is 150 cm³/mol. The average Bonchev–Trinajstić information content (AvgIpc) is 3.31. The lowest BCUT2D eigenvalue weighted by Gasteiger charge is -2.32. The van der Waals surface area contributed by atoms with E-state index in [1.54, 1.807) is 0 Å². The van der Waals surface area contributed by atoms with E-state index in [9.17, 15) is 9.90 Å². The number of nitrogens with zero attached hydrogens (tertiary/aromatic N) is 3. The number of likely N-dealkylation sites (tertiary alicyclic amines) is 1. The third-order valence-electron chi connectivity index (χ3n) is 8.20. The summed E-state index contributed by atoms with van der Waals surface area (Å²) in [5.41, 5.74) is 9.46. The molecule has 1 saturated heterocycles. The molecule has 0 aliphatic carbocycles. The third-order valence-corrected chi connectivity index (χ3v) is 8.20. The summed E-state index contributed by atoms with van der Waals surface area (Å²) in [6.07, 6.45) is 10.9. The average molecular weight is 510 g/mol. The standard InChI is InChI=1S/C30H47N5O2/c1-6-23-12-15-34(16-13-23)21-28-33-14-17-35(28)20-25-18-24(9-8-22(25)3)27(30(4,5)29(36)37)11-10-26(31)19-32-7-2/h8-9,14,17-19,23,27,32H,6-7,10-13,15-16,20-21,31H2,1-5H3,(H,36,37)/b26-19-. The molecule has 4 N–H and O–H groups in total. The van der Waals surface area contributed by atoms with Crippen molar-refractivity contribution in [3.63, 3.8) is 0 Å². The van der Waals surface area contributed by atoms with Crippen LogP contribution in [0.2, 0.25) is 0 Å². The number of rotatable bonds is 13. The number of nitrogens with one attached hydrogen (secondary N) is 1. The van der Waals surface area contributed by atoms with E-state index in [0.717, 1.165) is 55.7 Å². The van der Waals surface area contributed by atoms with Crippen LogP contribution in [0.25, 0.3) is 0 Å². The number of allylic oxidation sites excluding steroid dienone is 1. The van der Waals surface area contributed by atoms with E-state index in [1.165, 1.54) is 30.4 Å². The fourth-order valence-electron chi connectivity index (χ4n) is 5.36. The van der Waals surface area contributed by atoms with Crippen LogP contribution in [0, 0.1) is 18.3 Å². The van der Waals surface area contributed by atoms with Crippen molar-refractivity contribution in [1.82, 2.24) is 19.8 Å². The second-order valence-electron chi connectivity index (χ2n) is 11.2. The lowest BCUT2D eigenvalue weighted by Crippen LogP contribution is -2.34.